The van der Waals surface area contributed by atoms with Crippen LogP contribution in [0.25, 0.3) is 11.3 Å². The fourth-order valence-electron chi connectivity index (χ4n) is 2.81. The maximum Gasteiger partial charge on any atom is 0.267 e. The van der Waals surface area contributed by atoms with Crippen LogP contribution in [0.1, 0.15) is 18.5 Å². The van der Waals surface area contributed by atoms with Crippen molar-refractivity contribution in [2.75, 3.05) is 11.9 Å². The Balaban J connectivity index is 1.93. The summed E-state index contributed by atoms with van der Waals surface area (Å²) < 4.78 is 1.25. The Morgan fingerprint density at radius 2 is 1.77 bits per heavy atom. The Labute approximate surface area is 152 Å². The third kappa shape index (κ3) is 3.57. The topological polar surface area (TPSA) is 55.2 Å². The van der Waals surface area contributed by atoms with Crippen LogP contribution in [0.15, 0.2) is 71.5 Å². The number of aryl methyl sites for hydroxylation is 1. The minimum absolute atomic E-state index is 0.199. The highest BCUT2D eigenvalue weighted by Gasteiger charge is 2.22. The monoisotopic (exact) mass is 347 g/mol. The first-order valence-corrected chi connectivity index (χ1v) is 8.47. The predicted octanol–water partition coefficient (Wildman–Crippen LogP) is 3.44. The van der Waals surface area contributed by atoms with Crippen molar-refractivity contribution < 1.29 is 4.79 Å². The molecule has 132 valence electrons. The van der Waals surface area contributed by atoms with Crippen LogP contribution in [-0.2, 0) is 4.79 Å². The molecule has 0 spiro atoms. The molecule has 5 heteroatoms. The SMILES string of the molecule is Cc1cccc(N(C)C(=O)[C@@H](C)n2nc(-c3ccccc3)ccc2=O)c1. The lowest BCUT2D eigenvalue weighted by molar-refractivity contribution is -0.121. The zero-order chi connectivity index (χ0) is 18.7. The molecule has 1 atom stereocenters. The molecule has 0 aliphatic rings. The van der Waals surface area contributed by atoms with Crippen molar-refractivity contribution in [2.24, 2.45) is 0 Å². The lowest BCUT2D eigenvalue weighted by Crippen LogP contribution is -2.38. The molecule has 0 radical (unpaired) electrons. The number of carbonyl (C=O) groups is 1. The predicted molar refractivity (Wildman–Crippen MR) is 103 cm³/mol. The second-order valence-corrected chi connectivity index (χ2v) is 6.28. The summed E-state index contributed by atoms with van der Waals surface area (Å²) >= 11 is 0. The van der Waals surface area contributed by atoms with Crippen molar-refractivity contribution in [3.8, 4) is 11.3 Å². The van der Waals surface area contributed by atoms with Crippen LogP contribution in [0.2, 0.25) is 0 Å². The van der Waals surface area contributed by atoms with Gasteiger partial charge >= 0.3 is 0 Å². The highest BCUT2D eigenvalue weighted by atomic mass is 16.2. The van der Waals surface area contributed by atoms with E-state index >= 15 is 0 Å². The van der Waals surface area contributed by atoms with Gasteiger partial charge in [0.15, 0.2) is 0 Å². The molecule has 3 aromatic rings. The second-order valence-electron chi connectivity index (χ2n) is 6.28. The third-order valence-electron chi connectivity index (χ3n) is 4.34. The maximum absolute atomic E-state index is 12.9. The molecule has 0 aliphatic heterocycles. The van der Waals surface area contributed by atoms with E-state index in [1.165, 1.54) is 10.7 Å². The number of likely N-dealkylation sites (N-methyl/N-ethyl adjacent to an activating group) is 1. The second kappa shape index (κ2) is 7.35. The number of hydrogen-bond donors (Lipinski definition) is 0. The number of aromatic nitrogens is 2. The van der Waals surface area contributed by atoms with Gasteiger partial charge in [0.2, 0.25) is 0 Å². The summed E-state index contributed by atoms with van der Waals surface area (Å²) in [6.45, 7) is 3.67. The Bertz CT molecular complexity index is 980. The van der Waals surface area contributed by atoms with E-state index in [-0.39, 0.29) is 11.5 Å². The van der Waals surface area contributed by atoms with Gasteiger partial charge in [-0.3, -0.25) is 9.59 Å². The Hall–Kier alpha value is -3.21. The molecule has 3 rings (SSSR count). The summed E-state index contributed by atoms with van der Waals surface area (Å²) in [6.07, 6.45) is 0. The van der Waals surface area contributed by atoms with E-state index in [2.05, 4.69) is 5.10 Å². The summed E-state index contributed by atoms with van der Waals surface area (Å²) in [4.78, 5) is 26.7. The van der Waals surface area contributed by atoms with E-state index in [1.54, 1.807) is 24.9 Å². The van der Waals surface area contributed by atoms with Gasteiger partial charge in [-0.1, -0.05) is 42.5 Å². The molecule has 1 amide bonds. The summed E-state index contributed by atoms with van der Waals surface area (Å²) in [5.41, 5.74) is 3.10. The largest absolute Gasteiger partial charge is 0.314 e. The molecule has 1 aromatic heterocycles. The number of benzene rings is 2. The lowest BCUT2D eigenvalue weighted by atomic mass is 10.1. The number of hydrogen-bond acceptors (Lipinski definition) is 3. The highest BCUT2D eigenvalue weighted by Crippen LogP contribution is 2.19. The van der Waals surface area contributed by atoms with Gasteiger partial charge in [-0.05, 0) is 37.6 Å². The van der Waals surface area contributed by atoms with Crippen LogP contribution >= 0.6 is 0 Å². The van der Waals surface area contributed by atoms with Crippen molar-refractivity contribution in [1.82, 2.24) is 9.78 Å². The molecule has 5 nitrogen and oxygen atoms in total. The molecule has 0 fully saturated rings. The Kier molecular flexibility index (Phi) is 4.98. The van der Waals surface area contributed by atoms with Crippen molar-refractivity contribution in [1.29, 1.82) is 0 Å². The van der Waals surface area contributed by atoms with Gasteiger partial charge in [0, 0.05) is 24.4 Å². The first-order chi connectivity index (χ1) is 12.5. The first kappa shape index (κ1) is 17.6. The summed E-state index contributed by atoms with van der Waals surface area (Å²) in [7, 11) is 1.71. The van der Waals surface area contributed by atoms with Crippen molar-refractivity contribution in [3.05, 3.63) is 82.6 Å². The molecule has 2 aromatic carbocycles. The number of nitrogens with zero attached hydrogens (tertiary/aromatic N) is 3. The third-order valence-corrected chi connectivity index (χ3v) is 4.34. The fraction of sp³-hybridized carbons (Fsp3) is 0.190. The summed E-state index contributed by atoms with van der Waals surface area (Å²) in [5.74, 6) is -0.199. The molecular formula is C21H21N3O2. The number of carbonyl (C=O) groups excluding carboxylic acids is 1. The number of rotatable bonds is 4. The van der Waals surface area contributed by atoms with Gasteiger partial charge < -0.3 is 4.90 Å². The van der Waals surface area contributed by atoms with Gasteiger partial charge in [-0.15, -0.1) is 0 Å². The Morgan fingerprint density at radius 3 is 2.46 bits per heavy atom. The van der Waals surface area contributed by atoms with Gasteiger partial charge in [0.05, 0.1) is 5.69 Å². The molecule has 0 saturated carbocycles. The van der Waals surface area contributed by atoms with Crippen LogP contribution in [0.5, 0.6) is 0 Å². The van der Waals surface area contributed by atoms with Crippen molar-refractivity contribution in [3.63, 3.8) is 0 Å². The van der Waals surface area contributed by atoms with Gasteiger partial charge in [0.1, 0.15) is 6.04 Å². The Morgan fingerprint density at radius 1 is 1.04 bits per heavy atom. The van der Waals surface area contributed by atoms with E-state index in [0.29, 0.717) is 5.69 Å². The van der Waals surface area contributed by atoms with E-state index in [0.717, 1.165) is 16.8 Å². The average Bonchev–Trinajstić information content (AvgIpc) is 2.67. The molecule has 0 unspecified atom stereocenters. The lowest BCUT2D eigenvalue weighted by Gasteiger charge is -2.22. The van der Waals surface area contributed by atoms with E-state index in [4.69, 9.17) is 0 Å². The normalized spacial score (nSPS) is 11.8. The fourth-order valence-corrected chi connectivity index (χ4v) is 2.81. The number of amides is 1. The molecule has 1 heterocycles. The van der Waals surface area contributed by atoms with E-state index in [9.17, 15) is 9.59 Å². The van der Waals surface area contributed by atoms with Crippen LogP contribution in [0.4, 0.5) is 5.69 Å². The maximum atomic E-state index is 12.9. The molecular weight excluding hydrogens is 326 g/mol. The van der Waals surface area contributed by atoms with Crippen molar-refractivity contribution in [2.45, 2.75) is 19.9 Å². The summed E-state index contributed by atoms with van der Waals surface area (Å²) in [6, 6.07) is 19.7. The quantitative estimate of drug-likeness (QED) is 0.726. The van der Waals surface area contributed by atoms with Gasteiger partial charge in [0.25, 0.3) is 11.5 Å². The van der Waals surface area contributed by atoms with Crippen LogP contribution in [-0.4, -0.2) is 22.7 Å². The van der Waals surface area contributed by atoms with Crippen molar-refractivity contribution >= 4 is 11.6 Å². The summed E-state index contributed by atoms with van der Waals surface area (Å²) in [5, 5.41) is 4.41. The smallest absolute Gasteiger partial charge is 0.267 e. The molecule has 26 heavy (non-hydrogen) atoms. The molecule has 0 saturated heterocycles. The van der Waals surface area contributed by atoms with E-state index < -0.39 is 6.04 Å². The molecule has 0 N–H and O–H groups in total. The zero-order valence-corrected chi connectivity index (χ0v) is 15.1. The minimum Gasteiger partial charge on any atom is -0.314 e. The van der Waals surface area contributed by atoms with Crippen LogP contribution < -0.4 is 10.5 Å². The van der Waals surface area contributed by atoms with Gasteiger partial charge in [-0.25, -0.2) is 4.68 Å². The zero-order valence-electron chi connectivity index (χ0n) is 15.1. The standard InChI is InChI=1S/C21H21N3O2/c1-15-8-7-11-18(14-15)23(3)21(26)16(2)24-20(25)13-12-19(22-24)17-9-5-4-6-10-17/h4-14,16H,1-3H3/t16-/m1/s1. The minimum atomic E-state index is -0.711. The first-order valence-electron chi connectivity index (χ1n) is 8.47. The highest BCUT2D eigenvalue weighted by molar-refractivity contribution is 5.95. The molecule has 0 aliphatic carbocycles. The average molecular weight is 347 g/mol. The number of anilines is 1. The van der Waals surface area contributed by atoms with Crippen LogP contribution in [0.3, 0.4) is 0 Å². The van der Waals surface area contributed by atoms with Gasteiger partial charge in [-0.2, -0.15) is 5.10 Å². The van der Waals surface area contributed by atoms with E-state index in [1.807, 2.05) is 61.5 Å². The molecule has 0 bridgehead atoms. The van der Waals surface area contributed by atoms with Crippen LogP contribution in [0, 0.1) is 6.92 Å².